The quantitative estimate of drug-likeness (QED) is 0.613. The fraction of sp³-hybridized carbons (Fsp3) is 0. The summed E-state index contributed by atoms with van der Waals surface area (Å²) >= 11 is 6.87. The molecule has 0 saturated heterocycles. The van der Waals surface area contributed by atoms with E-state index in [1.165, 1.54) is 6.34 Å². The Hall–Kier alpha value is -1.13. The Morgan fingerprint density at radius 2 is 1.35 bits per heavy atom. The van der Waals surface area contributed by atoms with E-state index in [9.17, 15) is 0 Å². The maximum absolute atomic E-state index is 7.55. The van der Waals surface area contributed by atoms with E-state index in [0.29, 0.717) is 0 Å². The minimum Gasteiger partial charge on any atom is -0.302 e. The molecule has 0 aromatic heterocycles. The summed E-state index contributed by atoms with van der Waals surface area (Å²) in [5.74, 6) is 0. The zero-order valence-electron chi connectivity index (χ0n) is 8.90. The van der Waals surface area contributed by atoms with E-state index in [2.05, 4.69) is 31.9 Å². The number of anilines is 2. The van der Waals surface area contributed by atoms with Crippen molar-refractivity contribution in [2.75, 3.05) is 4.90 Å². The summed E-state index contributed by atoms with van der Waals surface area (Å²) in [6.07, 6.45) is 1.31. The molecule has 0 radical (unpaired) electrons. The van der Waals surface area contributed by atoms with Crippen LogP contribution < -0.4 is 4.90 Å². The van der Waals surface area contributed by atoms with Gasteiger partial charge < -0.3 is 4.90 Å². The van der Waals surface area contributed by atoms with Gasteiger partial charge in [-0.05, 0) is 36.4 Å². The van der Waals surface area contributed by atoms with Gasteiger partial charge in [-0.15, -0.1) is 0 Å². The van der Waals surface area contributed by atoms with Crippen LogP contribution in [0.5, 0.6) is 0 Å². The molecule has 0 aliphatic heterocycles. The van der Waals surface area contributed by atoms with Gasteiger partial charge in [0.05, 0.1) is 6.34 Å². The van der Waals surface area contributed by atoms with E-state index in [-0.39, 0.29) is 0 Å². The normalized spacial score (nSPS) is 10.0. The molecule has 0 atom stereocenters. The second-order valence-corrected chi connectivity index (χ2v) is 5.29. The summed E-state index contributed by atoms with van der Waals surface area (Å²) < 4.78 is 1.99. The Labute approximate surface area is 117 Å². The lowest BCUT2D eigenvalue weighted by Gasteiger charge is -2.19. The highest BCUT2D eigenvalue weighted by atomic mass is 79.9. The number of hydrogen-bond acceptors (Lipinski definition) is 1. The van der Waals surface area contributed by atoms with Crippen molar-refractivity contribution in [3.05, 3.63) is 57.5 Å². The Morgan fingerprint density at radius 1 is 0.882 bits per heavy atom. The zero-order valence-corrected chi connectivity index (χ0v) is 12.1. The summed E-state index contributed by atoms with van der Waals surface area (Å²) in [5, 5.41) is 7.55. The second-order valence-electron chi connectivity index (χ2n) is 3.46. The molecule has 0 saturated carbocycles. The van der Waals surface area contributed by atoms with E-state index >= 15 is 0 Å². The molecule has 2 aromatic carbocycles. The van der Waals surface area contributed by atoms with Crippen molar-refractivity contribution in [3.8, 4) is 0 Å². The van der Waals surface area contributed by atoms with Gasteiger partial charge in [-0.2, -0.15) is 0 Å². The molecule has 2 rings (SSSR count). The van der Waals surface area contributed by atoms with Gasteiger partial charge in [0.1, 0.15) is 0 Å². The predicted molar refractivity (Wildman–Crippen MR) is 79.2 cm³/mol. The first kappa shape index (κ1) is 12.3. The van der Waals surface area contributed by atoms with Crippen molar-refractivity contribution in [1.29, 1.82) is 5.41 Å². The van der Waals surface area contributed by atoms with Crippen molar-refractivity contribution < 1.29 is 0 Å². The lowest BCUT2D eigenvalue weighted by Crippen LogP contribution is -2.13. The number of hydrogen-bond donors (Lipinski definition) is 1. The van der Waals surface area contributed by atoms with Crippen molar-refractivity contribution in [2.45, 2.75) is 0 Å². The fourth-order valence-corrected chi connectivity index (χ4v) is 2.32. The molecule has 0 fully saturated rings. The van der Waals surface area contributed by atoms with Crippen molar-refractivity contribution in [2.24, 2.45) is 0 Å². The van der Waals surface area contributed by atoms with Crippen molar-refractivity contribution >= 4 is 49.6 Å². The average Bonchev–Trinajstić information content (AvgIpc) is 2.30. The lowest BCUT2D eigenvalue weighted by molar-refractivity contribution is 1.33. The van der Waals surface area contributed by atoms with E-state index in [1.54, 1.807) is 0 Å². The Kier molecular flexibility index (Phi) is 3.97. The number of nitrogens with one attached hydrogen (secondary N) is 1. The van der Waals surface area contributed by atoms with Crippen molar-refractivity contribution in [3.63, 3.8) is 0 Å². The smallest absolute Gasteiger partial charge is 0.0907 e. The molecular weight excluding hydrogens is 344 g/mol. The van der Waals surface area contributed by atoms with E-state index in [1.807, 2.05) is 53.4 Å². The molecule has 0 heterocycles. The maximum atomic E-state index is 7.55. The minimum atomic E-state index is 0.951. The SMILES string of the molecule is N=CN(c1cccc(Br)c1)c1cccc(Br)c1. The lowest BCUT2D eigenvalue weighted by atomic mass is 10.2. The highest BCUT2D eigenvalue weighted by molar-refractivity contribution is 9.10. The fourth-order valence-electron chi connectivity index (χ4n) is 1.55. The third-order valence-corrected chi connectivity index (χ3v) is 3.29. The van der Waals surface area contributed by atoms with Gasteiger partial charge in [-0.1, -0.05) is 44.0 Å². The number of benzene rings is 2. The standard InChI is InChI=1S/C13H10Br2N2/c14-10-3-1-5-12(7-10)17(9-16)13-6-2-4-11(15)8-13/h1-9,16H. The summed E-state index contributed by atoms with van der Waals surface area (Å²) in [6, 6.07) is 15.7. The third kappa shape index (κ3) is 2.96. The van der Waals surface area contributed by atoms with Gasteiger partial charge in [0, 0.05) is 20.3 Å². The van der Waals surface area contributed by atoms with Crippen LogP contribution in [-0.4, -0.2) is 6.34 Å². The molecular formula is C13H10Br2N2. The van der Waals surface area contributed by atoms with Crippen LogP contribution >= 0.6 is 31.9 Å². The Morgan fingerprint density at radius 3 is 1.71 bits per heavy atom. The maximum Gasteiger partial charge on any atom is 0.0907 e. The van der Waals surface area contributed by atoms with Crippen LogP contribution in [0.1, 0.15) is 0 Å². The van der Waals surface area contributed by atoms with Crippen molar-refractivity contribution in [1.82, 2.24) is 0 Å². The van der Waals surface area contributed by atoms with Crippen LogP contribution in [0.25, 0.3) is 0 Å². The summed E-state index contributed by atoms with van der Waals surface area (Å²) in [7, 11) is 0. The number of nitrogens with zero attached hydrogens (tertiary/aromatic N) is 1. The predicted octanol–water partition coefficient (Wildman–Crippen LogP) is 4.96. The van der Waals surface area contributed by atoms with Gasteiger partial charge in [0.15, 0.2) is 0 Å². The van der Waals surface area contributed by atoms with E-state index in [4.69, 9.17) is 5.41 Å². The molecule has 4 heteroatoms. The van der Waals surface area contributed by atoms with Gasteiger partial charge in [0.2, 0.25) is 0 Å². The number of rotatable bonds is 3. The molecule has 0 amide bonds. The van der Waals surface area contributed by atoms with Gasteiger partial charge in [-0.25, -0.2) is 0 Å². The highest BCUT2D eigenvalue weighted by Gasteiger charge is 2.06. The molecule has 0 spiro atoms. The third-order valence-electron chi connectivity index (χ3n) is 2.30. The molecule has 2 nitrogen and oxygen atoms in total. The Bertz CT molecular complexity index is 495. The van der Waals surface area contributed by atoms with E-state index < -0.39 is 0 Å². The first-order valence-corrected chi connectivity index (χ1v) is 6.60. The monoisotopic (exact) mass is 352 g/mol. The molecule has 0 unspecified atom stereocenters. The Balaban J connectivity index is 2.43. The van der Waals surface area contributed by atoms with Crippen LogP contribution in [0.3, 0.4) is 0 Å². The van der Waals surface area contributed by atoms with E-state index in [0.717, 1.165) is 20.3 Å². The molecule has 86 valence electrons. The van der Waals surface area contributed by atoms with Crippen LogP contribution in [0.15, 0.2) is 57.5 Å². The molecule has 0 aliphatic carbocycles. The number of halogens is 2. The first-order valence-electron chi connectivity index (χ1n) is 5.01. The molecule has 1 N–H and O–H groups in total. The van der Waals surface area contributed by atoms with Crippen LogP contribution in [0.2, 0.25) is 0 Å². The van der Waals surface area contributed by atoms with Gasteiger partial charge in [-0.3, -0.25) is 5.41 Å². The molecule has 0 aliphatic rings. The van der Waals surface area contributed by atoms with Crippen LogP contribution in [0.4, 0.5) is 11.4 Å². The van der Waals surface area contributed by atoms with Crippen LogP contribution in [0, 0.1) is 5.41 Å². The molecule has 2 aromatic rings. The topological polar surface area (TPSA) is 27.1 Å². The highest BCUT2D eigenvalue weighted by Crippen LogP contribution is 2.28. The molecule has 0 bridgehead atoms. The average molecular weight is 354 g/mol. The van der Waals surface area contributed by atoms with Gasteiger partial charge >= 0.3 is 0 Å². The largest absolute Gasteiger partial charge is 0.302 e. The first-order chi connectivity index (χ1) is 8.20. The zero-order chi connectivity index (χ0) is 12.3. The minimum absolute atomic E-state index is 0.951. The summed E-state index contributed by atoms with van der Waals surface area (Å²) in [5.41, 5.74) is 1.90. The summed E-state index contributed by atoms with van der Waals surface area (Å²) in [4.78, 5) is 1.82. The van der Waals surface area contributed by atoms with Gasteiger partial charge in [0.25, 0.3) is 0 Å². The molecule has 17 heavy (non-hydrogen) atoms. The summed E-state index contributed by atoms with van der Waals surface area (Å²) in [6.45, 7) is 0. The van der Waals surface area contributed by atoms with Crippen LogP contribution in [-0.2, 0) is 0 Å². The second kappa shape index (κ2) is 5.47.